The molecule has 0 aromatic carbocycles. The topological polar surface area (TPSA) is 76.4 Å². The van der Waals surface area contributed by atoms with Gasteiger partial charge in [-0.3, -0.25) is 4.79 Å². The molecule has 1 saturated carbocycles. The first kappa shape index (κ1) is 17.5. The van der Waals surface area contributed by atoms with Gasteiger partial charge in [-0.2, -0.15) is 16.9 Å². The van der Waals surface area contributed by atoms with Gasteiger partial charge in [-0.05, 0) is 24.2 Å². The van der Waals surface area contributed by atoms with E-state index in [2.05, 4.69) is 10.4 Å². The lowest BCUT2D eigenvalue weighted by atomic mass is 9.84. The highest BCUT2D eigenvalue weighted by Crippen LogP contribution is 2.28. The first-order valence-electron chi connectivity index (χ1n) is 9.38. The van der Waals surface area contributed by atoms with Gasteiger partial charge in [0, 0.05) is 24.8 Å². The van der Waals surface area contributed by atoms with Crippen molar-refractivity contribution in [3.63, 3.8) is 0 Å². The number of fused-ring (bicyclic) bond motifs is 1. The molecule has 0 spiro atoms. The van der Waals surface area contributed by atoms with Crippen molar-refractivity contribution in [2.24, 2.45) is 0 Å². The van der Waals surface area contributed by atoms with Crippen molar-refractivity contribution < 1.29 is 9.84 Å². The van der Waals surface area contributed by atoms with Crippen LogP contribution in [0, 0.1) is 0 Å². The van der Waals surface area contributed by atoms with Crippen molar-refractivity contribution in [2.75, 3.05) is 25.5 Å². The fourth-order valence-corrected chi connectivity index (χ4v) is 5.10. The molecule has 138 valence electrons. The number of nitrogens with one attached hydrogen (secondary N) is 1. The molecular weight excluding hydrogens is 338 g/mol. The zero-order chi connectivity index (χ0) is 17.3. The number of aliphatic hydroxyl groups is 1. The molecule has 1 aliphatic carbocycles. The number of thioether (sulfide) groups is 1. The smallest absolute Gasteiger partial charge is 0.267 e. The van der Waals surface area contributed by atoms with Crippen LogP contribution >= 0.6 is 11.8 Å². The molecule has 6 nitrogen and oxygen atoms in total. The standard InChI is InChI=1S/C18H27N3O3S/c22-17-8-13-11-25-7-4-14(13)20-21(17)16-10-24-9-15(16)19-12-18(23)5-2-1-3-6-18/h8,15-16,19,23H,1-7,9-12H2. The van der Waals surface area contributed by atoms with E-state index in [-0.39, 0.29) is 17.6 Å². The SMILES string of the molecule is O=c1cc2c(nn1C1COCC1NCC1(O)CCCCC1)CCSC2. The fraction of sp³-hybridized carbons (Fsp3) is 0.778. The van der Waals surface area contributed by atoms with E-state index in [1.165, 1.54) is 6.42 Å². The lowest BCUT2D eigenvalue weighted by molar-refractivity contribution is 0.00163. The first-order valence-corrected chi connectivity index (χ1v) is 10.5. The van der Waals surface area contributed by atoms with Crippen LogP contribution in [0.15, 0.2) is 10.9 Å². The van der Waals surface area contributed by atoms with Gasteiger partial charge in [0.1, 0.15) is 0 Å². The number of aryl methyl sites for hydroxylation is 1. The predicted molar refractivity (Wildman–Crippen MR) is 98.0 cm³/mol. The number of nitrogens with zero attached hydrogens (tertiary/aromatic N) is 2. The summed E-state index contributed by atoms with van der Waals surface area (Å²) >= 11 is 1.86. The van der Waals surface area contributed by atoms with E-state index in [1.54, 1.807) is 10.7 Å². The van der Waals surface area contributed by atoms with Crippen LogP contribution in [-0.4, -0.2) is 52.0 Å². The van der Waals surface area contributed by atoms with Crippen LogP contribution in [-0.2, 0) is 16.9 Å². The monoisotopic (exact) mass is 365 g/mol. The molecule has 2 unspecified atom stereocenters. The number of hydrogen-bond donors (Lipinski definition) is 2. The molecule has 0 radical (unpaired) electrons. The highest BCUT2D eigenvalue weighted by Gasteiger charge is 2.35. The minimum atomic E-state index is -0.614. The second-order valence-electron chi connectivity index (χ2n) is 7.58. The molecule has 2 aliphatic heterocycles. The summed E-state index contributed by atoms with van der Waals surface area (Å²) in [7, 11) is 0. The van der Waals surface area contributed by atoms with Crippen molar-refractivity contribution in [1.29, 1.82) is 0 Å². The number of aromatic nitrogens is 2. The minimum Gasteiger partial charge on any atom is -0.389 e. The van der Waals surface area contributed by atoms with Gasteiger partial charge in [0.25, 0.3) is 5.56 Å². The molecule has 0 bridgehead atoms. The lowest BCUT2D eigenvalue weighted by Gasteiger charge is -2.34. The van der Waals surface area contributed by atoms with E-state index in [0.717, 1.165) is 54.9 Å². The molecule has 2 atom stereocenters. The van der Waals surface area contributed by atoms with Crippen LogP contribution < -0.4 is 10.9 Å². The minimum absolute atomic E-state index is 0.0205. The van der Waals surface area contributed by atoms with Crippen molar-refractivity contribution >= 4 is 11.8 Å². The average Bonchev–Trinajstić information content (AvgIpc) is 3.08. The Hall–Kier alpha value is -0.890. The fourth-order valence-electron chi connectivity index (χ4n) is 4.15. The van der Waals surface area contributed by atoms with E-state index in [1.807, 2.05) is 11.8 Å². The Morgan fingerprint density at radius 1 is 1.36 bits per heavy atom. The highest BCUT2D eigenvalue weighted by molar-refractivity contribution is 7.98. The molecule has 1 aromatic heterocycles. The van der Waals surface area contributed by atoms with Gasteiger partial charge in [-0.25, -0.2) is 4.68 Å². The summed E-state index contributed by atoms with van der Waals surface area (Å²) in [6.07, 6.45) is 6.02. The van der Waals surface area contributed by atoms with Gasteiger partial charge in [0.2, 0.25) is 0 Å². The maximum absolute atomic E-state index is 12.6. The second-order valence-corrected chi connectivity index (χ2v) is 8.68. The molecule has 3 heterocycles. The Bertz CT molecular complexity index is 672. The van der Waals surface area contributed by atoms with Gasteiger partial charge in [0.15, 0.2) is 0 Å². The number of hydrogen-bond acceptors (Lipinski definition) is 6. The van der Waals surface area contributed by atoms with Crippen LogP contribution in [0.3, 0.4) is 0 Å². The third kappa shape index (κ3) is 3.79. The average molecular weight is 365 g/mol. The Labute approximate surface area is 152 Å². The van der Waals surface area contributed by atoms with Crippen LogP contribution in [0.25, 0.3) is 0 Å². The summed E-state index contributed by atoms with van der Waals surface area (Å²) < 4.78 is 7.26. The summed E-state index contributed by atoms with van der Waals surface area (Å²) in [5.41, 5.74) is 1.48. The van der Waals surface area contributed by atoms with Crippen LogP contribution in [0.1, 0.15) is 49.4 Å². The maximum Gasteiger partial charge on any atom is 0.267 e. The molecular formula is C18H27N3O3S. The molecule has 4 rings (SSSR count). The largest absolute Gasteiger partial charge is 0.389 e. The normalized spacial score (nSPS) is 28.7. The van der Waals surface area contributed by atoms with E-state index in [4.69, 9.17) is 4.74 Å². The number of rotatable bonds is 4. The van der Waals surface area contributed by atoms with Crippen LogP contribution in [0.5, 0.6) is 0 Å². The van der Waals surface area contributed by atoms with E-state index >= 15 is 0 Å². The Kier molecular flexibility index (Phi) is 5.18. The van der Waals surface area contributed by atoms with Crippen molar-refractivity contribution in [1.82, 2.24) is 15.1 Å². The van der Waals surface area contributed by atoms with E-state index in [9.17, 15) is 9.90 Å². The maximum atomic E-state index is 12.6. The summed E-state index contributed by atoms with van der Waals surface area (Å²) in [6.45, 7) is 1.62. The molecule has 1 saturated heterocycles. The third-order valence-corrected chi connectivity index (χ3v) is 6.71. The van der Waals surface area contributed by atoms with Crippen molar-refractivity contribution in [2.45, 2.75) is 62.0 Å². The zero-order valence-corrected chi connectivity index (χ0v) is 15.4. The van der Waals surface area contributed by atoms with Gasteiger partial charge in [-0.1, -0.05) is 19.3 Å². The Morgan fingerprint density at radius 2 is 2.20 bits per heavy atom. The van der Waals surface area contributed by atoms with Gasteiger partial charge in [0.05, 0.1) is 36.6 Å². The van der Waals surface area contributed by atoms with Gasteiger partial charge < -0.3 is 15.2 Å². The summed E-state index contributed by atoms with van der Waals surface area (Å²) in [4.78, 5) is 12.6. The Balaban J connectivity index is 1.49. The zero-order valence-electron chi connectivity index (χ0n) is 14.6. The van der Waals surface area contributed by atoms with Crippen molar-refractivity contribution in [3.05, 3.63) is 27.7 Å². The summed E-state index contributed by atoms with van der Waals surface area (Å²) in [5.74, 6) is 1.95. The predicted octanol–water partition coefficient (Wildman–Crippen LogP) is 1.26. The van der Waals surface area contributed by atoms with Crippen LogP contribution in [0.4, 0.5) is 0 Å². The van der Waals surface area contributed by atoms with Crippen LogP contribution in [0.2, 0.25) is 0 Å². The lowest BCUT2D eigenvalue weighted by Crippen LogP contribution is -2.49. The van der Waals surface area contributed by atoms with Gasteiger partial charge >= 0.3 is 0 Å². The summed E-state index contributed by atoms with van der Waals surface area (Å²) in [5, 5.41) is 18.8. The molecule has 2 N–H and O–H groups in total. The Morgan fingerprint density at radius 3 is 3.04 bits per heavy atom. The quantitative estimate of drug-likeness (QED) is 0.837. The third-order valence-electron chi connectivity index (χ3n) is 5.71. The summed E-state index contributed by atoms with van der Waals surface area (Å²) in [6, 6.07) is 1.67. The molecule has 1 aromatic rings. The van der Waals surface area contributed by atoms with Crippen molar-refractivity contribution in [3.8, 4) is 0 Å². The van der Waals surface area contributed by atoms with E-state index < -0.39 is 5.60 Å². The van der Waals surface area contributed by atoms with E-state index in [0.29, 0.717) is 19.8 Å². The second kappa shape index (κ2) is 7.39. The molecule has 3 aliphatic rings. The molecule has 25 heavy (non-hydrogen) atoms. The first-order chi connectivity index (χ1) is 12.1. The highest BCUT2D eigenvalue weighted by atomic mass is 32.2. The molecule has 7 heteroatoms. The molecule has 2 fully saturated rings. The van der Waals surface area contributed by atoms with Gasteiger partial charge in [-0.15, -0.1) is 0 Å². The number of ether oxygens (including phenoxy) is 1. The molecule has 0 amide bonds.